The van der Waals surface area contributed by atoms with Crippen molar-refractivity contribution in [2.75, 3.05) is 43.0 Å². The number of hydrogen-bond donors (Lipinski definition) is 2. The number of hydrogen-bond acceptors (Lipinski definition) is 5. The number of benzene rings is 1. The Morgan fingerprint density at radius 2 is 1.92 bits per heavy atom. The minimum absolute atomic E-state index is 0.0358. The lowest BCUT2D eigenvalue weighted by atomic mass is 9.96. The zero-order valence-corrected chi connectivity index (χ0v) is 14.8. The van der Waals surface area contributed by atoms with Gasteiger partial charge in [0.05, 0.1) is 12.5 Å². The quantitative estimate of drug-likeness (QED) is 0.537. The number of carbonyl (C=O) groups is 1. The summed E-state index contributed by atoms with van der Waals surface area (Å²) >= 11 is 0. The van der Waals surface area contributed by atoms with Crippen LogP contribution in [-0.2, 0) is 9.53 Å². The van der Waals surface area contributed by atoms with Gasteiger partial charge in [0.1, 0.15) is 0 Å². The van der Waals surface area contributed by atoms with Crippen LogP contribution in [-0.4, -0.2) is 38.8 Å². The Labute approximate surface area is 145 Å². The minimum Gasteiger partial charge on any atom is -0.466 e. The number of unbranched alkanes of at least 4 members (excludes halogenated alkanes) is 2. The predicted molar refractivity (Wildman–Crippen MR) is 99.4 cm³/mol. The van der Waals surface area contributed by atoms with Gasteiger partial charge in [0.2, 0.25) is 0 Å². The van der Waals surface area contributed by atoms with Gasteiger partial charge < -0.3 is 20.7 Å². The summed E-state index contributed by atoms with van der Waals surface area (Å²) in [6.45, 7) is 5.93. The van der Waals surface area contributed by atoms with Gasteiger partial charge in [0.15, 0.2) is 0 Å². The summed E-state index contributed by atoms with van der Waals surface area (Å²) in [5.41, 5.74) is 7.89. The molecule has 1 aliphatic rings. The van der Waals surface area contributed by atoms with Gasteiger partial charge >= 0.3 is 5.97 Å². The summed E-state index contributed by atoms with van der Waals surface area (Å²) in [6, 6.07) is 8.59. The predicted octanol–water partition coefficient (Wildman–Crippen LogP) is 3.01. The monoisotopic (exact) mass is 333 g/mol. The zero-order valence-electron chi connectivity index (χ0n) is 14.8. The van der Waals surface area contributed by atoms with Crippen LogP contribution >= 0.6 is 0 Å². The topological polar surface area (TPSA) is 67.6 Å². The van der Waals surface area contributed by atoms with E-state index in [9.17, 15) is 4.79 Å². The Kier molecular flexibility index (Phi) is 7.89. The van der Waals surface area contributed by atoms with Crippen LogP contribution in [0.5, 0.6) is 0 Å². The first-order chi connectivity index (χ1) is 11.7. The third-order valence-corrected chi connectivity index (χ3v) is 4.56. The third-order valence-electron chi connectivity index (χ3n) is 4.56. The standard InChI is InChI=1S/C19H31N3O2/c1-2-24-19(23)16-10-14-22(15-11-16)18-8-6-17(7-9-18)21-13-5-3-4-12-20/h6-9,16,21H,2-5,10-15,20H2,1H3. The van der Waals surface area contributed by atoms with Crippen molar-refractivity contribution < 1.29 is 9.53 Å². The summed E-state index contributed by atoms with van der Waals surface area (Å²) in [5.74, 6) is 0.0296. The number of ether oxygens (including phenoxy) is 1. The highest BCUT2D eigenvalue weighted by Crippen LogP contribution is 2.25. The molecule has 1 heterocycles. The number of nitrogens with zero attached hydrogens (tertiary/aromatic N) is 1. The van der Waals surface area contributed by atoms with E-state index in [4.69, 9.17) is 10.5 Å². The lowest BCUT2D eigenvalue weighted by molar-refractivity contribution is -0.148. The molecule has 1 aromatic carbocycles. The van der Waals surface area contributed by atoms with Gasteiger partial charge in [0, 0.05) is 31.0 Å². The SMILES string of the molecule is CCOC(=O)C1CCN(c2ccc(NCCCCCN)cc2)CC1. The van der Waals surface area contributed by atoms with Gasteiger partial charge in [-0.25, -0.2) is 0 Å². The largest absolute Gasteiger partial charge is 0.466 e. The number of esters is 1. The van der Waals surface area contributed by atoms with Gasteiger partial charge in [-0.2, -0.15) is 0 Å². The molecule has 3 N–H and O–H groups in total. The molecule has 134 valence electrons. The molecule has 1 aliphatic heterocycles. The van der Waals surface area contributed by atoms with Crippen molar-refractivity contribution >= 4 is 17.3 Å². The van der Waals surface area contributed by atoms with Crippen molar-refractivity contribution in [3.05, 3.63) is 24.3 Å². The minimum atomic E-state index is -0.0358. The molecular formula is C19H31N3O2. The molecular weight excluding hydrogens is 302 g/mol. The Hall–Kier alpha value is -1.75. The second-order valence-corrected chi connectivity index (χ2v) is 6.34. The molecule has 0 atom stereocenters. The number of carbonyl (C=O) groups excluding carboxylic acids is 1. The average Bonchev–Trinajstić information content (AvgIpc) is 2.62. The second kappa shape index (κ2) is 10.2. The van der Waals surface area contributed by atoms with Crippen LogP contribution in [0, 0.1) is 5.92 Å². The molecule has 1 saturated heterocycles. The van der Waals surface area contributed by atoms with Gasteiger partial charge in [0.25, 0.3) is 0 Å². The Balaban J connectivity index is 1.74. The van der Waals surface area contributed by atoms with Crippen LogP contribution in [0.1, 0.15) is 39.0 Å². The number of anilines is 2. The van der Waals surface area contributed by atoms with Crippen LogP contribution in [0.3, 0.4) is 0 Å². The molecule has 0 aromatic heterocycles. The highest BCUT2D eigenvalue weighted by Gasteiger charge is 2.25. The van der Waals surface area contributed by atoms with Crippen LogP contribution in [0.25, 0.3) is 0 Å². The summed E-state index contributed by atoms with van der Waals surface area (Å²) in [6.07, 6.45) is 5.18. The molecule has 24 heavy (non-hydrogen) atoms. The lowest BCUT2D eigenvalue weighted by Gasteiger charge is -2.32. The maximum atomic E-state index is 11.8. The van der Waals surface area contributed by atoms with E-state index in [1.165, 1.54) is 12.1 Å². The van der Waals surface area contributed by atoms with Crippen molar-refractivity contribution in [2.24, 2.45) is 11.7 Å². The molecule has 2 rings (SSSR count). The van der Waals surface area contributed by atoms with Crippen LogP contribution < -0.4 is 16.0 Å². The highest BCUT2D eigenvalue weighted by atomic mass is 16.5. The van der Waals surface area contributed by atoms with E-state index in [0.717, 1.165) is 57.5 Å². The van der Waals surface area contributed by atoms with Crippen molar-refractivity contribution in [3.8, 4) is 0 Å². The molecule has 5 heteroatoms. The van der Waals surface area contributed by atoms with Gasteiger partial charge in [-0.3, -0.25) is 4.79 Å². The zero-order chi connectivity index (χ0) is 17.2. The second-order valence-electron chi connectivity index (χ2n) is 6.34. The Bertz CT molecular complexity index is 482. The first-order valence-corrected chi connectivity index (χ1v) is 9.20. The van der Waals surface area contributed by atoms with Crippen molar-refractivity contribution in [3.63, 3.8) is 0 Å². The normalized spacial score (nSPS) is 15.3. The molecule has 0 radical (unpaired) electrons. The highest BCUT2D eigenvalue weighted by molar-refractivity contribution is 5.73. The van der Waals surface area contributed by atoms with Crippen molar-refractivity contribution in [1.82, 2.24) is 0 Å². The van der Waals surface area contributed by atoms with Gasteiger partial charge in [-0.15, -0.1) is 0 Å². The molecule has 0 bridgehead atoms. The first kappa shape index (κ1) is 18.6. The maximum Gasteiger partial charge on any atom is 0.309 e. The summed E-state index contributed by atoms with van der Waals surface area (Å²) in [4.78, 5) is 14.1. The Morgan fingerprint density at radius 3 is 2.54 bits per heavy atom. The Morgan fingerprint density at radius 1 is 1.21 bits per heavy atom. The summed E-state index contributed by atoms with van der Waals surface area (Å²) in [5, 5.41) is 3.45. The van der Waals surface area contributed by atoms with E-state index < -0.39 is 0 Å². The average molecular weight is 333 g/mol. The molecule has 0 saturated carbocycles. The first-order valence-electron chi connectivity index (χ1n) is 9.20. The fourth-order valence-corrected chi connectivity index (χ4v) is 3.10. The van der Waals surface area contributed by atoms with E-state index in [-0.39, 0.29) is 11.9 Å². The van der Waals surface area contributed by atoms with E-state index in [1.54, 1.807) is 0 Å². The molecule has 5 nitrogen and oxygen atoms in total. The maximum absolute atomic E-state index is 11.8. The molecule has 0 aliphatic carbocycles. The van der Waals surface area contributed by atoms with Crippen LogP contribution in [0.4, 0.5) is 11.4 Å². The third kappa shape index (κ3) is 5.71. The van der Waals surface area contributed by atoms with E-state index in [0.29, 0.717) is 6.61 Å². The van der Waals surface area contributed by atoms with Crippen molar-refractivity contribution in [1.29, 1.82) is 0 Å². The number of piperidine rings is 1. The summed E-state index contributed by atoms with van der Waals surface area (Å²) in [7, 11) is 0. The van der Waals surface area contributed by atoms with Gasteiger partial charge in [-0.05, 0) is 63.4 Å². The smallest absolute Gasteiger partial charge is 0.309 e. The van der Waals surface area contributed by atoms with E-state index in [2.05, 4.69) is 34.5 Å². The molecule has 0 spiro atoms. The molecule has 1 aromatic rings. The number of nitrogens with two attached hydrogens (primary N) is 1. The lowest BCUT2D eigenvalue weighted by Crippen LogP contribution is -2.36. The number of nitrogens with one attached hydrogen (secondary N) is 1. The van der Waals surface area contributed by atoms with Gasteiger partial charge in [-0.1, -0.05) is 6.42 Å². The molecule has 0 amide bonds. The summed E-state index contributed by atoms with van der Waals surface area (Å²) < 4.78 is 5.13. The van der Waals surface area contributed by atoms with E-state index in [1.807, 2.05) is 6.92 Å². The molecule has 1 fully saturated rings. The fourth-order valence-electron chi connectivity index (χ4n) is 3.10. The van der Waals surface area contributed by atoms with E-state index >= 15 is 0 Å². The van der Waals surface area contributed by atoms with Crippen molar-refractivity contribution in [2.45, 2.75) is 39.0 Å². The van der Waals surface area contributed by atoms with Crippen LogP contribution in [0.15, 0.2) is 24.3 Å². The van der Waals surface area contributed by atoms with Crippen LogP contribution in [0.2, 0.25) is 0 Å². The number of rotatable bonds is 9. The fraction of sp³-hybridized carbons (Fsp3) is 0.632. The molecule has 0 unspecified atom stereocenters.